The molecule has 1 saturated heterocycles. The van der Waals surface area contributed by atoms with Crippen molar-refractivity contribution in [3.05, 3.63) is 60.8 Å². The number of aryl methyl sites for hydroxylation is 1. The number of hydrogen-bond donors (Lipinski definition) is 1. The van der Waals surface area contributed by atoms with Crippen LogP contribution < -0.4 is 11.2 Å². The molecule has 1 aliphatic rings. The molecule has 224 valence electrons. The number of imidazole rings is 1. The number of likely N-dealkylation sites (tertiary alicyclic amines) is 1. The van der Waals surface area contributed by atoms with E-state index in [4.69, 9.17) is 4.98 Å². The van der Waals surface area contributed by atoms with Crippen molar-refractivity contribution in [1.29, 1.82) is 0 Å². The first-order valence-corrected chi connectivity index (χ1v) is 15.2. The standard InChI is InChI=1S/C31H40N6O4S/c1-30(2,3)20-13-19(14-21(25(20)39)31(4,5)6)22-16-42-27(33-22)18-9-11-36(12-10-18)23(38)15-37-17-32-26-24(37)28(40)35(8)29(41)34(26)7/h13-14,16-18,39H,9-12,15H2,1-8H3. The van der Waals surface area contributed by atoms with Crippen LogP contribution in [0, 0.1) is 0 Å². The van der Waals surface area contributed by atoms with Crippen LogP contribution in [-0.2, 0) is 36.3 Å². The molecule has 1 aromatic carbocycles. The van der Waals surface area contributed by atoms with Gasteiger partial charge in [-0.25, -0.2) is 14.8 Å². The summed E-state index contributed by atoms with van der Waals surface area (Å²) in [5, 5.41) is 14.3. The summed E-state index contributed by atoms with van der Waals surface area (Å²) in [6, 6.07) is 4.13. The molecular weight excluding hydrogens is 552 g/mol. The topological polar surface area (TPSA) is 115 Å². The number of rotatable bonds is 4. The van der Waals surface area contributed by atoms with Gasteiger partial charge in [-0.3, -0.25) is 18.7 Å². The zero-order valence-corrected chi connectivity index (χ0v) is 26.5. The van der Waals surface area contributed by atoms with Crippen molar-refractivity contribution in [2.75, 3.05) is 13.1 Å². The van der Waals surface area contributed by atoms with Gasteiger partial charge in [-0.15, -0.1) is 11.3 Å². The summed E-state index contributed by atoms with van der Waals surface area (Å²) in [6.07, 6.45) is 3.05. The average molecular weight is 593 g/mol. The molecule has 4 heterocycles. The van der Waals surface area contributed by atoms with E-state index in [2.05, 4.69) is 64.0 Å². The molecule has 10 nitrogen and oxygen atoms in total. The molecule has 0 unspecified atom stereocenters. The van der Waals surface area contributed by atoms with Crippen molar-refractivity contribution in [2.24, 2.45) is 14.1 Å². The number of benzene rings is 1. The predicted molar refractivity (Wildman–Crippen MR) is 165 cm³/mol. The minimum atomic E-state index is -0.463. The molecule has 0 spiro atoms. The molecule has 0 atom stereocenters. The Morgan fingerprint density at radius 3 is 2.17 bits per heavy atom. The minimum absolute atomic E-state index is 0.0108. The van der Waals surface area contributed by atoms with Gasteiger partial charge in [0.1, 0.15) is 12.3 Å². The van der Waals surface area contributed by atoms with Gasteiger partial charge in [0.2, 0.25) is 5.91 Å². The summed E-state index contributed by atoms with van der Waals surface area (Å²) in [7, 11) is 2.99. The Bertz CT molecular complexity index is 1750. The summed E-state index contributed by atoms with van der Waals surface area (Å²) < 4.78 is 3.89. The maximum absolute atomic E-state index is 13.2. The zero-order valence-electron chi connectivity index (χ0n) is 25.7. The Morgan fingerprint density at radius 2 is 1.60 bits per heavy atom. The number of nitrogens with zero attached hydrogens (tertiary/aromatic N) is 6. The molecule has 0 aliphatic carbocycles. The number of amides is 1. The monoisotopic (exact) mass is 592 g/mol. The van der Waals surface area contributed by atoms with Crippen LogP contribution in [0.1, 0.15) is 76.4 Å². The first-order valence-electron chi connectivity index (χ1n) is 14.3. The fourth-order valence-corrected chi connectivity index (χ4v) is 6.67. The van der Waals surface area contributed by atoms with Crippen LogP contribution in [0.15, 0.2) is 33.4 Å². The second-order valence-corrected chi connectivity index (χ2v) is 14.3. The van der Waals surface area contributed by atoms with Crippen molar-refractivity contribution in [3.63, 3.8) is 0 Å². The Kier molecular flexibility index (Phi) is 7.45. The van der Waals surface area contributed by atoms with Crippen molar-refractivity contribution in [3.8, 4) is 17.0 Å². The van der Waals surface area contributed by atoms with E-state index in [9.17, 15) is 19.5 Å². The number of thiazole rings is 1. The second kappa shape index (κ2) is 10.5. The van der Waals surface area contributed by atoms with Gasteiger partial charge in [0.25, 0.3) is 5.56 Å². The lowest BCUT2D eigenvalue weighted by Gasteiger charge is -2.31. The fourth-order valence-electron chi connectivity index (χ4n) is 5.67. The summed E-state index contributed by atoms with van der Waals surface area (Å²) in [6.45, 7) is 13.8. The number of aromatic nitrogens is 5. The first-order chi connectivity index (χ1) is 19.6. The highest BCUT2D eigenvalue weighted by atomic mass is 32.1. The van der Waals surface area contributed by atoms with E-state index in [0.29, 0.717) is 18.8 Å². The van der Waals surface area contributed by atoms with E-state index in [1.165, 1.54) is 22.5 Å². The quantitative estimate of drug-likeness (QED) is 0.379. The molecule has 0 saturated carbocycles. The number of phenolic OH excluding ortho intramolecular Hbond substituents is 1. The molecule has 42 heavy (non-hydrogen) atoms. The van der Waals surface area contributed by atoms with E-state index < -0.39 is 11.2 Å². The number of fused-ring (bicyclic) bond motifs is 1. The molecule has 5 rings (SSSR count). The van der Waals surface area contributed by atoms with Gasteiger partial charge < -0.3 is 14.6 Å². The number of piperidine rings is 1. The van der Waals surface area contributed by atoms with Crippen molar-refractivity contribution in [1.82, 2.24) is 28.6 Å². The van der Waals surface area contributed by atoms with Gasteiger partial charge in [-0.2, -0.15) is 0 Å². The Morgan fingerprint density at radius 1 is 1.00 bits per heavy atom. The maximum Gasteiger partial charge on any atom is 0.332 e. The zero-order chi connectivity index (χ0) is 30.7. The van der Waals surface area contributed by atoms with Gasteiger partial charge in [0.05, 0.1) is 17.0 Å². The molecule has 4 aromatic rings. The van der Waals surface area contributed by atoms with E-state index in [1.807, 2.05) is 4.90 Å². The highest BCUT2D eigenvalue weighted by Gasteiger charge is 2.29. The summed E-state index contributed by atoms with van der Waals surface area (Å²) >= 11 is 1.65. The van der Waals surface area contributed by atoms with E-state index in [1.54, 1.807) is 18.4 Å². The summed E-state index contributed by atoms with van der Waals surface area (Å²) in [5.74, 6) is 0.529. The Labute approximate surface area is 249 Å². The summed E-state index contributed by atoms with van der Waals surface area (Å²) in [4.78, 5) is 49.3. The number of aromatic hydroxyl groups is 1. The smallest absolute Gasteiger partial charge is 0.332 e. The molecule has 3 aromatic heterocycles. The van der Waals surface area contributed by atoms with E-state index in [-0.39, 0.29) is 40.4 Å². The first kappa shape index (κ1) is 29.8. The Balaban J connectivity index is 1.31. The number of phenols is 1. The molecule has 11 heteroatoms. The average Bonchev–Trinajstić information content (AvgIpc) is 3.58. The lowest BCUT2D eigenvalue weighted by atomic mass is 9.78. The van der Waals surface area contributed by atoms with Crippen LogP contribution in [0.5, 0.6) is 5.75 Å². The Hall–Kier alpha value is -3.73. The number of carbonyl (C=O) groups excluding carboxylic acids is 1. The van der Waals surface area contributed by atoms with Crippen LogP contribution in [0.3, 0.4) is 0 Å². The molecule has 1 amide bonds. The van der Waals surface area contributed by atoms with Crippen LogP contribution in [-0.4, -0.2) is 52.7 Å². The highest BCUT2D eigenvalue weighted by molar-refractivity contribution is 7.10. The molecule has 1 fully saturated rings. The fraction of sp³-hybridized carbons (Fsp3) is 0.516. The van der Waals surface area contributed by atoms with Crippen LogP contribution in [0.2, 0.25) is 0 Å². The molecule has 0 bridgehead atoms. The molecular formula is C31H40N6O4S. The third-order valence-corrected chi connectivity index (χ3v) is 9.27. The van der Waals surface area contributed by atoms with Crippen LogP contribution in [0.4, 0.5) is 0 Å². The van der Waals surface area contributed by atoms with Gasteiger partial charge in [0.15, 0.2) is 11.2 Å². The third kappa shape index (κ3) is 5.30. The summed E-state index contributed by atoms with van der Waals surface area (Å²) in [5.41, 5.74) is 2.91. The molecule has 1 aliphatic heterocycles. The maximum atomic E-state index is 13.2. The molecule has 0 radical (unpaired) electrons. The van der Waals surface area contributed by atoms with Crippen molar-refractivity contribution < 1.29 is 9.90 Å². The number of carbonyl (C=O) groups is 1. The van der Waals surface area contributed by atoms with Crippen LogP contribution in [0.25, 0.3) is 22.4 Å². The number of hydrogen-bond acceptors (Lipinski definition) is 7. The van der Waals surface area contributed by atoms with Gasteiger partial charge in [-0.05, 0) is 35.8 Å². The predicted octanol–water partition coefficient (Wildman–Crippen LogP) is 4.26. The van der Waals surface area contributed by atoms with E-state index in [0.717, 1.165) is 44.8 Å². The SMILES string of the molecule is Cn1c(=O)c2c(ncn2CC(=O)N2CCC(c3nc(-c4cc(C(C)(C)C)c(O)c(C(C)(C)C)c4)cs3)CC2)n(C)c1=O. The lowest BCUT2D eigenvalue weighted by Crippen LogP contribution is -2.40. The van der Waals surface area contributed by atoms with E-state index >= 15 is 0 Å². The van der Waals surface area contributed by atoms with Crippen molar-refractivity contribution >= 4 is 28.4 Å². The minimum Gasteiger partial charge on any atom is -0.507 e. The molecule has 1 N–H and O–H groups in total. The largest absolute Gasteiger partial charge is 0.507 e. The highest BCUT2D eigenvalue weighted by Crippen LogP contribution is 2.42. The van der Waals surface area contributed by atoms with Gasteiger partial charge in [0, 0.05) is 55.2 Å². The van der Waals surface area contributed by atoms with Crippen LogP contribution >= 0.6 is 11.3 Å². The van der Waals surface area contributed by atoms with Crippen molar-refractivity contribution in [2.45, 2.75) is 77.7 Å². The third-order valence-electron chi connectivity index (χ3n) is 8.26. The lowest BCUT2D eigenvalue weighted by molar-refractivity contribution is -0.132. The van der Waals surface area contributed by atoms with Gasteiger partial charge >= 0.3 is 5.69 Å². The second-order valence-electron chi connectivity index (χ2n) is 13.4. The normalized spacial score (nSPS) is 15.1. The van der Waals surface area contributed by atoms with Gasteiger partial charge in [-0.1, -0.05) is 41.5 Å².